The first-order valence-electron chi connectivity index (χ1n) is 4.45. The molecule has 0 fully saturated rings. The van der Waals surface area contributed by atoms with Gasteiger partial charge in [-0.2, -0.15) is 0 Å². The molecule has 5 heteroatoms. The number of Topliss-reactive ketones (excluding diaryl/α,β-unsaturated/α-hetero) is 1. The number of para-hydroxylation sites is 1. The lowest BCUT2D eigenvalue weighted by Gasteiger charge is -2.01. The summed E-state index contributed by atoms with van der Waals surface area (Å²) in [6, 6.07) is 6.93. The van der Waals surface area contributed by atoms with Gasteiger partial charge in [-0.15, -0.1) is 0 Å². The average Bonchev–Trinajstić information content (AvgIpc) is 2.29. The predicted molar refractivity (Wildman–Crippen MR) is 68.3 cm³/mol. The Balaban J connectivity index is 2.78. The third-order valence-corrected chi connectivity index (χ3v) is 3.27. The Kier molecular flexibility index (Phi) is 3.25. The number of rotatable bonds is 2. The van der Waals surface area contributed by atoms with E-state index in [2.05, 4.69) is 31.9 Å². The van der Waals surface area contributed by atoms with Crippen LogP contribution in [0, 0.1) is 0 Å². The zero-order valence-electron chi connectivity index (χ0n) is 8.00. The van der Waals surface area contributed by atoms with Crippen molar-refractivity contribution in [3.63, 3.8) is 0 Å². The van der Waals surface area contributed by atoms with Crippen molar-refractivity contribution >= 4 is 48.6 Å². The van der Waals surface area contributed by atoms with Crippen molar-refractivity contribution in [3.05, 3.63) is 44.7 Å². The first kappa shape index (κ1) is 11.5. The Morgan fingerprint density at radius 3 is 2.81 bits per heavy atom. The lowest BCUT2D eigenvalue weighted by Crippen LogP contribution is -2.14. The summed E-state index contributed by atoms with van der Waals surface area (Å²) in [5.41, 5.74) is -0.0788. The second kappa shape index (κ2) is 4.51. The van der Waals surface area contributed by atoms with Gasteiger partial charge >= 0.3 is 5.63 Å². The summed E-state index contributed by atoms with van der Waals surface area (Å²) < 4.78 is 5.80. The van der Waals surface area contributed by atoms with E-state index >= 15 is 0 Å². The van der Waals surface area contributed by atoms with E-state index < -0.39 is 5.63 Å². The zero-order chi connectivity index (χ0) is 11.7. The van der Waals surface area contributed by atoms with E-state index in [1.54, 1.807) is 18.2 Å². The molecule has 0 N–H and O–H groups in total. The molecule has 82 valence electrons. The number of halogens is 2. The van der Waals surface area contributed by atoms with Gasteiger partial charge in [0.05, 0.1) is 9.80 Å². The first-order chi connectivity index (χ1) is 7.63. The molecule has 1 aromatic carbocycles. The van der Waals surface area contributed by atoms with Crippen LogP contribution in [0.2, 0.25) is 0 Å². The van der Waals surface area contributed by atoms with Crippen molar-refractivity contribution in [2.75, 3.05) is 5.33 Å². The fourth-order valence-corrected chi connectivity index (χ4v) is 2.14. The van der Waals surface area contributed by atoms with Crippen LogP contribution in [-0.2, 0) is 0 Å². The normalized spacial score (nSPS) is 10.6. The van der Waals surface area contributed by atoms with E-state index in [0.717, 1.165) is 5.39 Å². The van der Waals surface area contributed by atoms with E-state index in [9.17, 15) is 9.59 Å². The smallest absolute Gasteiger partial charge is 0.347 e. The third kappa shape index (κ3) is 1.97. The Labute approximate surface area is 108 Å². The highest BCUT2D eigenvalue weighted by Crippen LogP contribution is 2.22. The standard InChI is InChI=1S/C11H6Br2O3/c12-5-9(14)7-4-6-2-1-3-8(13)10(6)16-11(7)15/h1-4H,5H2. The van der Waals surface area contributed by atoms with Gasteiger partial charge < -0.3 is 4.42 Å². The molecule has 0 saturated heterocycles. The minimum atomic E-state index is -0.608. The van der Waals surface area contributed by atoms with Gasteiger partial charge in [0.15, 0.2) is 11.4 Å². The van der Waals surface area contributed by atoms with E-state index in [4.69, 9.17) is 4.42 Å². The van der Waals surface area contributed by atoms with Crippen LogP contribution in [0.1, 0.15) is 10.4 Å². The second-order valence-electron chi connectivity index (χ2n) is 3.16. The van der Waals surface area contributed by atoms with Gasteiger partial charge in [0.2, 0.25) is 0 Å². The molecule has 1 aromatic heterocycles. The zero-order valence-corrected chi connectivity index (χ0v) is 11.2. The fraction of sp³-hybridized carbons (Fsp3) is 0.0909. The van der Waals surface area contributed by atoms with Crippen LogP contribution in [0.15, 0.2) is 37.9 Å². The molecule has 16 heavy (non-hydrogen) atoms. The Morgan fingerprint density at radius 2 is 2.12 bits per heavy atom. The number of hydrogen-bond acceptors (Lipinski definition) is 3. The molecule has 2 aromatic rings. The van der Waals surface area contributed by atoms with E-state index in [-0.39, 0.29) is 16.7 Å². The van der Waals surface area contributed by atoms with Crippen LogP contribution in [-0.4, -0.2) is 11.1 Å². The molecule has 3 nitrogen and oxygen atoms in total. The predicted octanol–water partition coefficient (Wildman–Crippen LogP) is 3.13. The number of alkyl halides is 1. The van der Waals surface area contributed by atoms with Crippen LogP contribution in [0.5, 0.6) is 0 Å². The summed E-state index contributed by atoms with van der Waals surface area (Å²) in [4.78, 5) is 23.0. The maximum Gasteiger partial charge on any atom is 0.347 e. The number of hydrogen-bond donors (Lipinski definition) is 0. The summed E-state index contributed by atoms with van der Waals surface area (Å²) >= 11 is 6.31. The number of benzene rings is 1. The molecule has 0 aliphatic carbocycles. The molecule has 0 saturated carbocycles. The second-order valence-corrected chi connectivity index (χ2v) is 4.58. The van der Waals surface area contributed by atoms with Gasteiger partial charge in [-0.1, -0.05) is 28.1 Å². The van der Waals surface area contributed by atoms with Gasteiger partial charge in [-0.25, -0.2) is 4.79 Å². The van der Waals surface area contributed by atoms with Crippen molar-refractivity contribution in [1.82, 2.24) is 0 Å². The molecule has 0 bridgehead atoms. The van der Waals surface area contributed by atoms with Crippen LogP contribution in [0.4, 0.5) is 0 Å². The number of carbonyl (C=O) groups excluding carboxylic acids is 1. The number of fused-ring (bicyclic) bond motifs is 1. The van der Waals surface area contributed by atoms with Gasteiger partial charge in [-0.05, 0) is 28.1 Å². The summed E-state index contributed by atoms with van der Waals surface area (Å²) in [5, 5.41) is 0.829. The summed E-state index contributed by atoms with van der Waals surface area (Å²) in [6.45, 7) is 0. The minimum Gasteiger partial charge on any atom is -0.421 e. The first-order valence-corrected chi connectivity index (χ1v) is 6.36. The minimum absolute atomic E-state index is 0.0717. The number of ketones is 1. The summed E-state index contributed by atoms with van der Waals surface area (Å²) in [6.07, 6.45) is 0. The van der Waals surface area contributed by atoms with Gasteiger partial charge in [-0.3, -0.25) is 4.79 Å². The summed E-state index contributed by atoms with van der Waals surface area (Å²) in [5.74, 6) is -0.282. The molecule has 2 rings (SSSR count). The highest BCUT2D eigenvalue weighted by Gasteiger charge is 2.13. The molecular weight excluding hydrogens is 340 g/mol. The van der Waals surface area contributed by atoms with E-state index in [1.807, 2.05) is 6.07 Å². The molecule has 0 aliphatic heterocycles. The van der Waals surface area contributed by atoms with E-state index in [1.165, 1.54) is 0 Å². The lowest BCUT2D eigenvalue weighted by molar-refractivity contribution is 0.102. The van der Waals surface area contributed by atoms with E-state index in [0.29, 0.717) is 10.1 Å². The maximum absolute atomic E-state index is 11.6. The van der Waals surface area contributed by atoms with Gasteiger partial charge in [0.25, 0.3) is 0 Å². The highest BCUT2D eigenvalue weighted by molar-refractivity contribution is 9.10. The van der Waals surface area contributed by atoms with Crippen molar-refractivity contribution in [1.29, 1.82) is 0 Å². The van der Waals surface area contributed by atoms with Crippen LogP contribution >= 0.6 is 31.9 Å². The molecule has 0 amide bonds. The molecular formula is C11H6Br2O3. The van der Waals surface area contributed by atoms with Crippen molar-refractivity contribution in [2.24, 2.45) is 0 Å². The fourth-order valence-electron chi connectivity index (χ4n) is 1.38. The topological polar surface area (TPSA) is 47.3 Å². The SMILES string of the molecule is O=C(CBr)c1cc2cccc(Br)c2oc1=O. The average molecular weight is 346 g/mol. The molecule has 0 aliphatic rings. The molecule has 1 heterocycles. The quantitative estimate of drug-likeness (QED) is 0.477. The number of carbonyl (C=O) groups is 1. The molecule has 0 spiro atoms. The Bertz CT molecular complexity index is 616. The van der Waals surface area contributed by atoms with Crippen molar-refractivity contribution < 1.29 is 9.21 Å². The summed E-state index contributed by atoms with van der Waals surface area (Å²) in [7, 11) is 0. The molecule has 0 unspecified atom stereocenters. The van der Waals surface area contributed by atoms with Crippen LogP contribution < -0.4 is 5.63 Å². The van der Waals surface area contributed by atoms with Crippen molar-refractivity contribution in [3.8, 4) is 0 Å². The van der Waals surface area contributed by atoms with Crippen LogP contribution in [0.3, 0.4) is 0 Å². The van der Waals surface area contributed by atoms with Gasteiger partial charge in [0.1, 0.15) is 5.56 Å². The Morgan fingerprint density at radius 1 is 1.38 bits per heavy atom. The third-order valence-electron chi connectivity index (χ3n) is 2.13. The lowest BCUT2D eigenvalue weighted by atomic mass is 10.1. The molecule has 0 atom stereocenters. The van der Waals surface area contributed by atoms with Crippen molar-refractivity contribution in [2.45, 2.75) is 0 Å². The van der Waals surface area contributed by atoms with Gasteiger partial charge in [0, 0.05) is 5.39 Å². The largest absolute Gasteiger partial charge is 0.421 e. The van der Waals surface area contributed by atoms with Crippen LogP contribution in [0.25, 0.3) is 11.0 Å². The Hall–Kier alpha value is -0.940. The monoisotopic (exact) mass is 344 g/mol. The highest BCUT2D eigenvalue weighted by atomic mass is 79.9. The molecule has 0 radical (unpaired) electrons. The maximum atomic E-state index is 11.6.